The highest BCUT2D eigenvalue weighted by Crippen LogP contribution is 2.25. The quantitative estimate of drug-likeness (QED) is 0.907. The molecule has 1 saturated heterocycles. The van der Waals surface area contributed by atoms with E-state index in [4.69, 9.17) is 0 Å². The number of hydrogen-bond acceptors (Lipinski definition) is 5. The molecule has 7 nitrogen and oxygen atoms in total. The number of piperidine rings is 1. The maximum absolute atomic E-state index is 4.31. The third-order valence-corrected chi connectivity index (χ3v) is 4.21. The van der Waals surface area contributed by atoms with E-state index in [9.17, 15) is 0 Å². The van der Waals surface area contributed by atoms with Gasteiger partial charge in [0.2, 0.25) is 0 Å². The van der Waals surface area contributed by atoms with Crippen molar-refractivity contribution in [3.63, 3.8) is 0 Å². The molecule has 0 atom stereocenters. The number of hydrazine groups is 1. The Morgan fingerprint density at radius 1 is 1.23 bits per heavy atom. The Labute approximate surface area is 129 Å². The average molecular weight is 299 g/mol. The first-order chi connectivity index (χ1) is 10.8. The molecule has 2 aliphatic rings. The van der Waals surface area contributed by atoms with Crippen molar-refractivity contribution < 1.29 is 0 Å². The minimum Gasteiger partial charge on any atom is -0.356 e. The highest BCUT2D eigenvalue weighted by atomic mass is 15.5. The van der Waals surface area contributed by atoms with Crippen LogP contribution in [0.5, 0.6) is 0 Å². The highest BCUT2D eigenvalue weighted by Gasteiger charge is 2.23. The molecule has 0 aromatic carbocycles. The number of imidazole rings is 1. The van der Waals surface area contributed by atoms with E-state index in [-0.39, 0.29) is 0 Å². The molecule has 4 heterocycles. The van der Waals surface area contributed by atoms with Gasteiger partial charge in [-0.1, -0.05) is 0 Å². The molecule has 0 unspecified atom stereocenters. The number of hydrogen-bond donors (Lipinski definition) is 2. The summed E-state index contributed by atoms with van der Waals surface area (Å²) < 4.78 is 2.19. The molecule has 0 spiro atoms. The van der Waals surface area contributed by atoms with Crippen molar-refractivity contribution in [1.29, 1.82) is 0 Å². The van der Waals surface area contributed by atoms with Gasteiger partial charge < -0.3 is 4.90 Å². The lowest BCUT2D eigenvalue weighted by molar-refractivity contribution is 0.295. The zero-order valence-electron chi connectivity index (χ0n) is 12.8. The van der Waals surface area contributed by atoms with Crippen LogP contribution in [0, 0.1) is 6.92 Å². The standard InChI is InChI=1S/C15H21N7/c1-12-7-14(18-17-12)19-21-9-13-8-16-11-22(13)15(10-21)20-5-3-2-4-6-20/h7-8,10-11H,2-6,9H2,1H3,(H2,17,18,19). The van der Waals surface area contributed by atoms with E-state index in [1.807, 2.05) is 25.5 Å². The molecule has 0 saturated carbocycles. The molecule has 2 aromatic rings. The van der Waals surface area contributed by atoms with Gasteiger partial charge in [0.1, 0.15) is 12.1 Å². The van der Waals surface area contributed by atoms with Crippen molar-refractivity contribution >= 4 is 11.6 Å². The van der Waals surface area contributed by atoms with Gasteiger partial charge in [-0.3, -0.25) is 20.1 Å². The summed E-state index contributed by atoms with van der Waals surface area (Å²) in [6.45, 7) is 4.99. The second-order valence-corrected chi connectivity index (χ2v) is 5.97. The molecule has 4 rings (SSSR count). The van der Waals surface area contributed by atoms with E-state index in [0.29, 0.717) is 0 Å². The number of anilines is 1. The number of rotatable bonds is 3. The van der Waals surface area contributed by atoms with Crippen LogP contribution in [0.1, 0.15) is 30.7 Å². The summed E-state index contributed by atoms with van der Waals surface area (Å²) in [5.41, 5.74) is 5.58. The number of likely N-dealkylation sites (tertiary alicyclic amines) is 1. The molecule has 0 bridgehead atoms. The summed E-state index contributed by atoms with van der Waals surface area (Å²) in [6, 6.07) is 2.00. The number of nitrogens with one attached hydrogen (secondary N) is 2. The Kier molecular flexibility index (Phi) is 3.25. The van der Waals surface area contributed by atoms with Crippen LogP contribution in [0.4, 0.5) is 5.82 Å². The van der Waals surface area contributed by atoms with Crippen LogP contribution in [-0.4, -0.2) is 42.7 Å². The summed E-state index contributed by atoms with van der Waals surface area (Å²) in [6.07, 6.45) is 9.84. The molecule has 0 amide bonds. The third-order valence-electron chi connectivity index (χ3n) is 4.21. The molecule has 2 aliphatic heterocycles. The number of aromatic nitrogens is 4. The predicted molar refractivity (Wildman–Crippen MR) is 84.4 cm³/mol. The molecule has 116 valence electrons. The van der Waals surface area contributed by atoms with Crippen molar-refractivity contribution in [3.05, 3.63) is 36.2 Å². The van der Waals surface area contributed by atoms with Gasteiger partial charge in [0, 0.05) is 24.8 Å². The van der Waals surface area contributed by atoms with Crippen LogP contribution in [0.3, 0.4) is 0 Å². The van der Waals surface area contributed by atoms with Crippen LogP contribution >= 0.6 is 0 Å². The van der Waals surface area contributed by atoms with E-state index >= 15 is 0 Å². The first kappa shape index (κ1) is 13.2. The molecule has 0 radical (unpaired) electrons. The van der Waals surface area contributed by atoms with Gasteiger partial charge in [0.25, 0.3) is 0 Å². The number of aryl methyl sites for hydroxylation is 1. The molecule has 22 heavy (non-hydrogen) atoms. The van der Waals surface area contributed by atoms with Crippen molar-refractivity contribution in [3.8, 4) is 0 Å². The van der Waals surface area contributed by atoms with Crippen molar-refractivity contribution in [2.24, 2.45) is 0 Å². The zero-order chi connectivity index (χ0) is 14.9. The minimum atomic E-state index is 0.767. The van der Waals surface area contributed by atoms with Gasteiger partial charge in [0.15, 0.2) is 5.82 Å². The number of H-pyrrole nitrogens is 1. The number of nitrogens with zero attached hydrogens (tertiary/aromatic N) is 5. The predicted octanol–water partition coefficient (Wildman–Crippen LogP) is 2.00. The number of aromatic amines is 1. The lowest BCUT2D eigenvalue weighted by atomic mass is 10.1. The SMILES string of the molecule is Cc1cc(NN2C=C(N3CCCCC3)n3cncc3C2)n[nH]1. The Bertz CT molecular complexity index is 678. The first-order valence-corrected chi connectivity index (χ1v) is 7.83. The van der Waals surface area contributed by atoms with Gasteiger partial charge in [-0.15, -0.1) is 0 Å². The fraction of sp³-hybridized carbons (Fsp3) is 0.467. The molecule has 2 N–H and O–H groups in total. The normalized spacial score (nSPS) is 18.1. The Morgan fingerprint density at radius 2 is 2.09 bits per heavy atom. The zero-order valence-corrected chi connectivity index (χ0v) is 12.8. The van der Waals surface area contributed by atoms with Gasteiger partial charge in [0.05, 0.1) is 24.6 Å². The van der Waals surface area contributed by atoms with Crippen LogP contribution in [0.2, 0.25) is 0 Å². The summed E-state index contributed by atoms with van der Waals surface area (Å²) in [5, 5.41) is 9.29. The Morgan fingerprint density at radius 3 is 2.86 bits per heavy atom. The smallest absolute Gasteiger partial charge is 0.166 e. The van der Waals surface area contributed by atoms with Crippen molar-refractivity contribution in [2.75, 3.05) is 18.5 Å². The van der Waals surface area contributed by atoms with E-state index < -0.39 is 0 Å². The highest BCUT2D eigenvalue weighted by molar-refractivity contribution is 5.48. The van der Waals surface area contributed by atoms with E-state index in [0.717, 1.165) is 31.1 Å². The average Bonchev–Trinajstić information content (AvgIpc) is 3.16. The Hall–Kier alpha value is -2.44. The summed E-state index contributed by atoms with van der Waals surface area (Å²) >= 11 is 0. The topological polar surface area (TPSA) is 65.0 Å². The second kappa shape index (κ2) is 5.40. The summed E-state index contributed by atoms with van der Waals surface area (Å²) in [7, 11) is 0. The molecule has 7 heteroatoms. The lowest BCUT2D eigenvalue weighted by Crippen LogP contribution is -2.37. The lowest BCUT2D eigenvalue weighted by Gasteiger charge is -2.36. The Balaban J connectivity index is 1.60. The molecular formula is C15H21N7. The molecular weight excluding hydrogens is 278 g/mol. The third kappa shape index (κ3) is 2.43. The summed E-state index contributed by atoms with van der Waals surface area (Å²) in [4.78, 5) is 6.76. The fourth-order valence-electron chi connectivity index (χ4n) is 3.12. The minimum absolute atomic E-state index is 0.767. The first-order valence-electron chi connectivity index (χ1n) is 7.83. The maximum atomic E-state index is 4.31. The van der Waals surface area contributed by atoms with Crippen molar-refractivity contribution in [1.82, 2.24) is 29.7 Å². The van der Waals surface area contributed by atoms with E-state index in [1.54, 1.807) is 0 Å². The van der Waals surface area contributed by atoms with Gasteiger partial charge in [-0.25, -0.2) is 4.98 Å². The monoisotopic (exact) mass is 299 g/mol. The molecule has 1 fully saturated rings. The van der Waals surface area contributed by atoms with E-state index in [1.165, 1.54) is 30.8 Å². The number of fused-ring (bicyclic) bond motifs is 1. The van der Waals surface area contributed by atoms with Crippen LogP contribution in [0.25, 0.3) is 5.82 Å². The van der Waals surface area contributed by atoms with E-state index in [2.05, 4.69) is 41.3 Å². The van der Waals surface area contributed by atoms with Gasteiger partial charge in [-0.05, 0) is 26.2 Å². The fourth-order valence-corrected chi connectivity index (χ4v) is 3.12. The summed E-state index contributed by atoms with van der Waals surface area (Å²) in [5.74, 6) is 2.03. The second-order valence-electron chi connectivity index (χ2n) is 5.97. The molecule has 2 aromatic heterocycles. The van der Waals surface area contributed by atoms with Gasteiger partial charge in [-0.2, -0.15) is 5.10 Å². The van der Waals surface area contributed by atoms with Crippen LogP contribution < -0.4 is 5.43 Å². The largest absolute Gasteiger partial charge is 0.356 e. The maximum Gasteiger partial charge on any atom is 0.166 e. The van der Waals surface area contributed by atoms with Gasteiger partial charge >= 0.3 is 0 Å². The van der Waals surface area contributed by atoms with Crippen LogP contribution in [0.15, 0.2) is 24.8 Å². The van der Waals surface area contributed by atoms with Crippen molar-refractivity contribution in [2.45, 2.75) is 32.7 Å². The molecule has 0 aliphatic carbocycles. The van der Waals surface area contributed by atoms with Crippen LogP contribution in [-0.2, 0) is 6.54 Å².